The second-order valence-corrected chi connectivity index (χ2v) is 7.04. The molecule has 0 saturated carbocycles. The SMILES string of the molecule is Cc1c(C)c2c3c(C)c4ccccc4cc3c3ncccc3n2c1C. The molecule has 0 aliphatic heterocycles. The van der Waals surface area contributed by atoms with Crippen molar-refractivity contribution in [2.75, 3.05) is 0 Å². The first-order valence-corrected chi connectivity index (χ1v) is 8.76. The van der Waals surface area contributed by atoms with Crippen LogP contribution in [0.3, 0.4) is 0 Å². The van der Waals surface area contributed by atoms with Gasteiger partial charge >= 0.3 is 0 Å². The van der Waals surface area contributed by atoms with Crippen molar-refractivity contribution in [3.05, 3.63) is 71.0 Å². The Kier molecular flexibility index (Phi) is 2.79. The van der Waals surface area contributed by atoms with Crippen molar-refractivity contribution in [3.63, 3.8) is 0 Å². The molecule has 5 rings (SSSR count). The maximum absolute atomic E-state index is 4.77. The molecule has 0 fully saturated rings. The molecule has 0 radical (unpaired) electrons. The lowest BCUT2D eigenvalue weighted by Crippen LogP contribution is -1.96. The largest absolute Gasteiger partial charge is 0.311 e. The van der Waals surface area contributed by atoms with E-state index in [4.69, 9.17) is 4.98 Å². The van der Waals surface area contributed by atoms with Crippen LogP contribution in [0, 0.1) is 27.7 Å². The predicted octanol–water partition coefficient (Wildman–Crippen LogP) is 6.03. The molecule has 0 aliphatic carbocycles. The minimum Gasteiger partial charge on any atom is -0.311 e. The highest BCUT2D eigenvalue weighted by atomic mass is 14.9. The molecule has 0 N–H and O–H groups in total. The molecule has 122 valence electrons. The van der Waals surface area contributed by atoms with E-state index >= 15 is 0 Å². The van der Waals surface area contributed by atoms with E-state index in [0.29, 0.717) is 0 Å². The zero-order valence-corrected chi connectivity index (χ0v) is 15.0. The van der Waals surface area contributed by atoms with Crippen LogP contribution in [0.1, 0.15) is 22.4 Å². The first-order valence-electron chi connectivity index (χ1n) is 8.76. The van der Waals surface area contributed by atoms with Gasteiger partial charge in [0.2, 0.25) is 0 Å². The van der Waals surface area contributed by atoms with Crippen molar-refractivity contribution in [3.8, 4) is 0 Å². The number of rotatable bonds is 0. The van der Waals surface area contributed by atoms with Crippen molar-refractivity contribution < 1.29 is 0 Å². The standard InChI is InChI=1S/C23H20N2/c1-13-14(2)23-21-15(3)18-9-6-5-8-17(18)12-19(21)22-20(10-7-11-24-22)25(23)16(13)4/h5-12H,1-4H3. The van der Waals surface area contributed by atoms with Crippen LogP contribution in [0.15, 0.2) is 48.7 Å². The van der Waals surface area contributed by atoms with Gasteiger partial charge in [-0.15, -0.1) is 0 Å². The van der Waals surface area contributed by atoms with Crippen LogP contribution in [-0.4, -0.2) is 9.38 Å². The quantitative estimate of drug-likeness (QED) is 0.251. The number of fused-ring (bicyclic) bond motifs is 7. The van der Waals surface area contributed by atoms with Gasteiger partial charge in [0, 0.05) is 22.7 Å². The number of aromatic nitrogens is 2. The molecule has 0 bridgehead atoms. The van der Waals surface area contributed by atoms with E-state index in [9.17, 15) is 0 Å². The summed E-state index contributed by atoms with van der Waals surface area (Å²) in [7, 11) is 0. The van der Waals surface area contributed by atoms with Gasteiger partial charge in [-0.2, -0.15) is 0 Å². The summed E-state index contributed by atoms with van der Waals surface area (Å²) in [5.41, 5.74) is 8.97. The molecule has 2 heteroatoms. The molecule has 0 unspecified atom stereocenters. The molecule has 2 aromatic carbocycles. The molecule has 3 heterocycles. The van der Waals surface area contributed by atoms with Gasteiger partial charge in [-0.25, -0.2) is 0 Å². The third-order valence-electron chi connectivity index (χ3n) is 5.85. The van der Waals surface area contributed by atoms with Crippen molar-refractivity contribution in [1.29, 1.82) is 0 Å². The molecule has 0 aliphatic rings. The van der Waals surface area contributed by atoms with Gasteiger partial charge in [-0.3, -0.25) is 4.98 Å². The number of hydrogen-bond acceptors (Lipinski definition) is 1. The van der Waals surface area contributed by atoms with Crippen LogP contribution in [-0.2, 0) is 0 Å². The Hall–Kier alpha value is -2.87. The highest BCUT2D eigenvalue weighted by Crippen LogP contribution is 2.38. The predicted molar refractivity (Wildman–Crippen MR) is 107 cm³/mol. The average molecular weight is 324 g/mol. The molecular formula is C23H20N2. The Morgan fingerprint density at radius 2 is 1.60 bits per heavy atom. The second-order valence-electron chi connectivity index (χ2n) is 7.04. The number of benzene rings is 2. The summed E-state index contributed by atoms with van der Waals surface area (Å²) < 4.78 is 2.40. The molecule has 5 aromatic rings. The molecule has 0 atom stereocenters. The van der Waals surface area contributed by atoms with E-state index in [1.165, 1.54) is 55.0 Å². The third-order valence-corrected chi connectivity index (χ3v) is 5.85. The summed E-state index contributed by atoms with van der Waals surface area (Å²) in [4.78, 5) is 4.77. The molecular weight excluding hydrogens is 304 g/mol. The van der Waals surface area contributed by atoms with Crippen LogP contribution < -0.4 is 0 Å². The highest BCUT2D eigenvalue weighted by molar-refractivity contribution is 6.18. The summed E-state index contributed by atoms with van der Waals surface area (Å²) in [6.45, 7) is 8.93. The summed E-state index contributed by atoms with van der Waals surface area (Å²) >= 11 is 0. The van der Waals surface area contributed by atoms with Gasteiger partial charge < -0.3 is 4.40 Å². The Bertz CT molecular complexity index is 1320. The Morgan fingerprint density at radius 1 is 0.800 bits per heavy atom. The van der Waals surface area contributed by atoms with Crippen LogP contribution in [0.2, 0.25) is 0 Å². The van der Waals surface area contributed by atoms with Gasteiger partial charge in [0.05, 0.1) is 16.6 Å². The zero-order valence-electron chi connectivity index (χ0n) is 15.0. The highest BCUT2D eigenvalue weighted by Gasteiger charge is 2.18. The first-order chi connectivity index (χ1) is 12.1. The van der Waals surface area contributed by atoms with Crippen LogP contribution in [0.4, 0.5) is 0 Å². The third kappa shape index (κ3) is 1.72. The molecule has 0 spiro atoms. The van der Waals surface area contributed by atoms with Crippen molar-refractivity contribution in [2.24, 2.45) is 0 Å². The van der Waals surface area contributed by atoms with E-state index < -0.39 is 0 Å². The van der Waals surface area contributed by atoms with Gasteiger partial charge in [-0.1, -0.05) is 24.3 Å². The normalized spacial score (nSPS) is 12.0. The summed E-state index contributed by atoms with van der Waals surface area (Å²) in [6.07, 6.45) is 1.90. The topological polar surface area (TPSA) is 17.3 Å². The molecule has 3 aromatic heterocycles. The lowest BCUT2D eigenvalue weighted by molar-refractivity contribution is 1.14. The van der Waals surface area contributed by atoms with Gasteiger partial charge in [-0.05, 0) is 73.4 Å². The minimum atomic E-state index is 1.08. The van der Waals surface area contributed by atoms with Crippen molar-refractivity contribution in [2.45, 2.75) is 27.7 Å². The Morgan fingerprint density at radius 3 is 2.44 bits per heavy atom. The molecule has 25 heavy (non-hydrogen) atoms. The lowest BCUT2D eigenvalue weighted by Gasteiger charge is -2.14. The summed E-state index contributed by atoms with van der Waals surface area (Å²) in [5.74, 6) is 0. The molecule has 0 saturated heterocycles. The minimum absolute atomic E-state index is 1.08. The first kappa shape index (κ1) is 14.5. The van der Waals surface area contributed by atoms with E-state index in [0.717, 1.165) is 5.52 Å². The summed E-state index contributed by atoms with van der Waals surface area (Å²) in [6, 6.07) is 15.2. The Labute approximate surface area is 146 Å². The number of nitrogens with zero attached hydrogens (tertiary/aromatic N) is 2. The fourth-order valence-electron chi connectivity index (χ4n) is 4.36. The maximum Gasteiger partial charge on any atom is 0.0949 e. The van der Waals surface area contributed by atoms with Gasteiger partial charge in [0.25, 0.3) is 0 Å². The van der Waals surface area contributed by atoms with E-state index in [1.807, 2.05) is 12.3 Å². The Balaban J connectivity index is 2.25. The molecule has 2 nitrogen and oxygen atoms in total. The number of pyridine rings is 2. The summed E-state index contributed by atoms with van der Waals surface area (Å²) in [5, 5.41) is 5.18. The zero-order chi connectivity index (χ0) is 17.3. The van der Waals surface area contributed by atoms with E-state index in [-0.39, 0.29) is 0 Å². The van der Waals surface area contributed by atoms with E-state index in [2.05, 4.69) is 68.5 Å². The average Bonchev–Trinajstić information content (AvgIpc) is 2.87. The second kappa shape index (κ2) is 4.82. The smallest absolute Gasteiger partial charge is 0.0949 e. The van der Waals surface area contributed by atoms with Crippen LogP contribution in [0.5, 0.6) is 0 Å². The fourth-order valence-corrected chi connectivity index (χ4v) is 4.36. The van der Waals surface area contributed by atoms with Gasteiger partial charge in [0.1, 0.15) is 0 Å². The van der Waals surface area contributed by atoms with E-state index in [1.54, 1.807) is 0 Å². The number of aryl methyl sites for hydroxylation is 3. The van der Waals surface area contributed by atoms with Gasteiger partial charge in [0.15, 0.2) is 0 Å². The van der Waals surface area contributed by atoms with Crippen LogP contribution in [0.25, 0.3) is 38.1 Å². The maximum atomic E-state index is 4.77. The molecule has 0 amide bonds. The number of hydrogen-bond donors (Lipinski definition) is 0. The van der Waals surface area contributed by atoms with Crippen LogP contribution >= 0.6 is 0 Å². The van der Waals surface area contributed by atoms with Crippen molar-refractivity contribution in [1.82, 2.24) is 9.38 Å². The monoisotopic (exact) mass is 324 g/mol. The lowest BCUT2D eigenvalue weighted by atomic mass is 9.95. The van der Waals surface area contributed by atoms with Crippen molar-refractivity contribution >= 4 is 38.1 Å². The fraction of sp³-hybridized carbons (Fsp3) is 0.174.